The molecule has 0 saturated heterocycles. The third kappa shape index (κ3) is 3.04. The first kappa shape index (κ1) is 11.7. The summed E-state index contributed by atoms with van der Waals surface area (Å²) >= 11 is 0. The molecular formula is C10H15FN2O2. The third-order valence-electron chi connectivity index (χ3n) is 2.10. The molecule has 0 amide bonds. The zero-order chi connectivity index (χ0) is 11.6. The first-order valence-electron chi connectivity index (χ1n) is 4.73. The molecule has 84 valence electrons. The molecule has 0 spiro atoms. The Hall–Kier alpha value is -1.39. The van der Waals surface area contributed by atoms with Crippen molar-refractivity contribution in [2.45, 2.75) is 38.9 Å². The van der Waals surface area contributed by atoms with Gasteiger partial charge >= 0.3 is 5.97 Å². The van der Waals surface area contributed by atoms with E-state index >= 15 is 0 Å². The van der Waals surface area contributed by atoms with Gasteiger partial charge in [-0.2, -0.15) is 0 Å². The minimum atomic E-state index is -1.38. The summed E-state index contributed by atoms with van der Waals surface area (Å²) in [5.74, 6) is -1.61. The number of carboxylic acids is 1. The second kappa shape index (κ2) is 4.00. The number of halogens is 1. The first-order valence-corrected chi connectivity index (χ1v) is 4.73. The number of alkyl halides is 1. The van der Waals surface area contributed by atoms with Gasteiger partial charge in [0.1, 0.15) is 5.67 Å². The molecule has 0 fully saturated rings. The Labute approximate surface area is 87.7 Å². The molecule has 4 nitrogen and oxygen atoms in total. The molecule has 0 aliphatic carbocycles. The normalized spacial score (nSPS) is 13.9. The molecule has 1 aromatic rings. The zero-order valence-corrected chi connectivity index (χ0v) is 9.07. The van der Waals surface area contributed by atoms with Crippen LogP contribution in [0.15, 0.2) is 12.5 Å². The number of carbonyl (C=O) groups is 1. The summed E-state index contributed by atoms with van der Waals surface area (Å²) in [5, 5.41) is 8.84. The van der Waals surface area contributed by atoms with Crippen LogP contribution in [-0.2, 0) is 11.3 Å². The van der Waals surface area contributed by atoms with Gasteiger partial charge in [0.2, 0.25) is 0 Å². The van der Waals surface area contributed by atoms with E-state index in [1.54, 1.807) is 11.5 Å². The van der Waals surface area contributed by atoms with Crippen LogP contribution in [0.5, 0.6) is 0 Å². The van der Waals surface area contributed by atoms with Gasteiger partial charge in [0, 0.05) is 6.20 Å². The Morgan fingerprint density at radius 1 is 1.73 bits per heavy atom. The maximum Gasteiger partial charge on any atom is 0.312 e. The fourth-order valence-electron chi connectivity index (χ4n) is 1.36. The highest BCUT2D eigenvalue weighted by Crippen LogP contribution is 2.19. The van der Waals surface area contributed by atoms with Crippen molar-refractivity contribution in [1.29, 1.82) is 0 Å². The highest BCUT2D eigenvalue weighted by atomic mass is 19.1. The Balaban J connectivity index is 2.92. The van der Waals surface area contributed by atoms with Crippen molar-refractivity contribution in [1.82, 2.24) is 9.55 Å². The summed E-state index contributed by atoms with van der Waals surface area (Å²) in [6, 6.07) is 0. The SMILES string of the molecule is CC(C(=O)O)c1cncn1CC(C)(C)F. The van der Waals surface area contributed by atoms with Gasteiger partial charge in [0.15, 0.2) is 0 Å². The smallest absolute Gasteiger partial charge is 0.312 e. The van der Waals surface area contributed by atoms with E-state index in [0.717, 1.165) is 0 Å². The zero-order valence-electron chi connectivity index (χ0n) is 9.07. The lowest BCUT2D eigenvalue weighted by molar-refractivity contribution is -0.138. The maximum absolute atomic E-state index is 13.4. The number of imidazole rings is 1. The molecule has 0 radical (unpaired) electrons. The van der Waals surface area contributed by atoms with Gasteiger partial charge in [0.05, 0.1) is 24.5 Å². The van der Waals surface area contributed by atoms with Crippen LogP contribution >= 0.6 is 0 Å². The van der Waals surface area contributed by atoms with Crippen LogP contribution in [0, 0.1) is 0 Å². The number of hydrogen-bond donors (Lipinski definition) is 1. The number of aromatic nitrogens is 2. The van der Waals surface area contributed by atoms with Crippen molar-refractivity contribution in [3.63, 3.8) is 0 Å². The average molecular weight is 214 g/mol. The molecular weight excluding hydrogens is 199 g/mol. The Morgan fingerprint density at radius 2 is 2.33 bits per heavy atom. The van der Waals surface area contributed by atoms with Crippen LogP contribution in [0.4, 0.5) is 4.39 Å². The molecule has 0 saturated carbocycles. The van der Waals surface area contributed by atoms with E-state index in [0.29, 0.717) is 5.69 Å². The van der Waals surface area contributed by atoms with Crippen LogP contribution in [0.3, 0.4) is 0 Å². The Bertz CT molecular complexity index is 355. The first-order chi connectivity index (χ1) is 6.81. The van der Waals surface area contributed by atoms with Crippen LogP contribution in [0.25, 0.3) is 0 Å². The number of hydrogen-bond acceptors (Lipinski definition) is 2. The van der Waals surface area contributed by atoms with E-state index in [2.05, 4.69) is 4.98 Å². The Kier molecular flexibility index (Phi) is 3.12. The van der Waals surface area contributed by atoms with E-state index in [1.165, 1.54) is 26.4 Å². The molecule has 1 aromatic heterocycles. The summed E-state index contributed by atoms with van der Waals surface area (Å²) in [6.07, 6.45) is 2.92. The van der Waals surface area contributed by atoms with Gasteiger partial charge in [-0.3, -0.25) is 4.79 Å². The predicted octanol–water partition coefficient (Wildman–Crippen LogP) is 1.82. The number of rotatable bonds is 4. The molecule has 1 atom stereocenters. The lowest BCUT2D eigenvalue weighted by Gasteiger charge is -2.18. The summed E-state index contributed by atoms with van der Waals surface area (Å²) in [6.45, 7) is 4.56. The van der Waals surface area contributed by atoms with E-state index in [-0.39, 0.29) is 6.54 Å². The number of nitrogens with zero attached hydrogens (tertiary/aromatic N) is 2. The van der Waals surface area contributed by atoms with Crippen molar-refractivity contribution in [3.8, 4) is 0 Å². The highest BCUT2D eigenvalue weighted by molar-refractivity contribution is 5.74. The standard InChI is InChI=1S/C10H15FN2O2/c1-7(9(14)15)8-4-12-6-13(8)5-10(2,3)11/h4,6-7H,5H2,1-3H3,(H,14,15). The molecule has 1 rings (SSSR count). The van der Waals surface area contributed by atoms with Gasteiger partial charge in [-0.15, -0.1) is 0 Å². The average Bonchev–Trinajstić information content (AvgIpc) is 2.47. The predicted molar refractivity (Wildman–Crippen MR) is 53.5 cm³/mol. The van der Waals surface area contributed by atoms with Crippen molar-refractivity contribution in [3.05, 3.63) is 18.2 Å². The lowest BCUT2D eigenvalue weighted by Crippen LogP contribution is -2.23. The number of aliphatic carboxylic acids is 1. The monoisotopic (exact) mass is 214 g/mol. The third-order valence-corrected chi connectivity index (χ3v) is 2.10. The van der Waals surface area contributed by atoms with Crippen LogP contribution < -0.4 is 0 Å². The molecule has 5 heteroatoms. The summed E-state index contributed by atoms with van der Waals surface area (Å²) in [4.78, 5) is 14.6. The van der Waals surface area contributed by atoms with Gasteiger partial charge in [-0.05, 0) is 20.8 Å². The minimum absolute atomic E-state index is 0.111. The second-order valence-electron chi connectivity index (χ2n) is 4.23. The molecule has 15 heavy (non-hydrogen) atoms. The van der Waals surface area contributed by atoms with Crippen LogP contribution in [-0.4, -0.2) is 26.3 Å². The minimum Gasteiger partial charge on any atom is -0.481 e. The quantitative estimate of drug-likeness (QED) is 0.831. The van der Waals surface area contributed by atoms with Crippen LogP contribution in [0.2, 0.25) is 0 Å². The van der Waals surface area contributed by atoms with Gasteiger partial charge in [0.25, 0.3) is 0 Å². The van der Waals surface area contributed by atoms with E-state index in [1.807, 2.05) is 0 Å². The summed E-state index contributed by atoms with van der Waals surface area (Å²) < 4.78 is 14.9. The fraction of sp³-hybridized carbons (Fsp3) is 0.600. The molecule has 0 aliphatic rings. The van der Waals surface area contributed by atoms with E-state index in [9.17, 15) is 9.18 Å². The summed E-state index contributed by atoms with van der Waals surface area (Å²) in [7, 11) is 0. The molecule has 0 aromatic carbocycles. The topological polar surface area (TPSA) is 55.1 Å². The van der Waals surface area contributed by atoms with E-state index in [4.69, 9.17) is 5.11 Å². The molecule has 1 heterocycles. The van der Waals surface area contributed by atoms with Gasteiger partial charge in [-0.1, -0.05) is 0 Å². The largest absolute Gasteiger partial charge is 0.481 e. The van der Waals surface area contributed by atoms with Gasteiger partial charge in [-0.25, -0.2) is 9.37 Å². The van der Waals surface area contributed by atoms with Crippen molar-refractivity contribution < 1.29 is 14.3 Å². The second-order valence-corrected chi connectivity index (χ2v) is 4.23. The maximum atomic E-state index is 13.4. The fourth-order valence-corrected chi connectivity index (χ4v) is 1.36. The molecule has 0 aliphatic heterocycles. The molecule has 1 unspecified atom stereocenters. The molecule has 0 bridgehead atoms. The Morgan fingerprint density at radius 3 is 2.80 bits per heavy atom. The molecule has 1 N–H and O–H groups in total. The summed E-state index contributed by atoms with van der Waals surface area (Å²) in [5.41, 5.74) is -0.860. The van der Waals surface area contributed by atoms with E-state index < -0.39 is 17.6 Å². The number of carboxylic acid groups (broad SMARTS) is 1. The van der Waals surface area contributed by atoms with Crippen LogP contribution in [0.1, 0.15) is 32.4 Å². The van der Waals surface area contributed by atoms with Crippen molar-refractivity contribution in [2.75, 3.05) is 0 Å². The van der Waals surface area contributed by atoms with Crippen molar-refractivity contribution >= 4 is 5.97 Å². The lowest BCUT2D eigenvalue weighted by atomic mass is 10.1. The van der Waals surface area contributed by atoms with Gasteiger partial charge < -0.3 is 9.67 Å². The van der Waals surface area contributed by atoms with Crippen molar-refractivity contribution in [2.24, 2.45) is 0 Å². The highest BCUT2D eigenvalue weighted by Gasteiger charge is 2.22.